The summed E-state index contributed by atoms with van der Waals surface area (Å²) < 4.78 is 6.01. The van der Waals surface area contributed by atoms with Gasteiger partial charge in [-0.05, 0) is 121 Å². The number of ether oxygens (including phenoxy) is 1. The number of anilines is 5. The summed E-state index contributed by atoms with van der Waals surface area (Å²) in [5.41, 5.74) is 36.1. The molecule has 0 spiro atoms. The van der Waals surface area contributed by atoms with Gasteiger partial charge < -0.3 is 33.4 Å². The van der Waals surface area contributed by atoms with Gasteiger partial charge >= 0.3 is 30.2 Å². The largest absolute Gasteiger partial charge is 0.495 e. The van der Waals surface area contributed by atoms with Crippen molar-refractivity contribution in [3.05, 3.63) is 139 Å². The van der Waals surface area contributed by atoms with E-state index in [1.54, 1.807) is 53.4 Å². The van der Waals surface area contributed by atoms with E-state index in [4.69, 9.17) is 72.1 Å². The van der Waals surface area contributed by atoms with Gasteiger partial charge in [0.05, 0.1) is 40.6 Å². The smallest absolute Gasteiger partial charge is 0.328 e. The maximum absolute atomic E-state index is 11.8. The van der Waals surface area contributed by atoms with E-state index in [0.717, 1.165) is 66.9 Å². The monoisotopic (exact) mass is 1210 g/mol. The number of nitrogens with zero attached hydrogens (tertiary/aromatic N) is 5. The van der Waals surface area contributed by atoms with Crippen molar-refractivity contribution < 1.29 is 28.7 Å². The Balaban J connectivity index is 0.000000513. The van der Waals surface area contributed by atoms with Crippen molar-refractivity contribution in [3.63, 3.8) is 0 Å². The number of carbonyl (C=O) groups excluding carboxylic acids is 5. The van der Waals surface area contributed by atoms with Gasteiger partial charge in [0, 0.05) is 39.7 Å². The second-order valence-electron chi connectivity index (χ2n) is 17.6. The van der Waals surface area contributed by atoms with Gasteiger partial charge in [0.1, 0.15) is 5.75 Å². The summed E-state index contributed by atoms with van der Waals surface area (Å²) in [7, 11) is 9.61. The molecular weight excluding hydrogens is 1140 g/mol. The van der Waals surface area contributed by atoms with Crippen molar-refractivity contribution in [2.45, 2.75) is 54.9 Å². The first-order valence-electron chi connectivity index (χ1n) is 24.5. The topological polar surface area (TPSA) is 420 Å². The van der Waals surface area contributed by atoms with Gasteiger partial charge in [-0.1, -0.05) is 91.3 Å². The Labute approximate surface area is 491 Å². The fourth-order valence-corrected chi connectivity index (χ4v) is 8.72. The average Bonchev–Trinajstić information content (AvgIpc) is 3.37. The molecule has 0 aliphatic carbocycles. The van der Waals surface area contributed by atoms with Crippen LogP contribution in [0.4, 0.5) is 52.4 Å². The average molecular weight is 1220 g/mol. The zero-order valence-electron chi connectivity index (χ0n) is 48.2. The fraction of sp³-hybridized carbons (Fsp3) is 0.259. The lowest BCUT2D eigenvalue weighted by Crippen LogP contribution is -2.44. The minimum Gasteiger partial charge on any atom is -0.495 e. The first kappa shape index (κ1) is 70.4. The van der Waals surface area contributed by atoms with E-state index in [9.17, 15) is 24.0 Å². The number of halogens is 2. The molecule has 0 bridgehead atoms. The predicted octanol–water partition coefficient (Wildman–Crippen LogP) is 7.47. The summed E-state index contributed by atoms with van der Waals surface area (Å²) in [5.74, 6) is -1.29. The SMILES string of the molecule is CCc1cccc(C)c1N(C)C(=O)NC(=N)N.COc1cccc(C)c1N(C)C(=O)NC(=N)N.Cc1cccc(Br)c1N(C)C(=O)NC(=N)N.Cc1cccc(C)c1N(C)C(=O)NC(=N)N.Cc1cccc(Cl)c1N(C)C(=O)NC(=N)N. The highest BCUT2D eigenvalue weighted by atomic mass is 79.9. The van der Waals surface area contributed by atoms with Crippen molar-refractivity contribution in [3.8, 4) is 5.75 Å². The molecule has 0 aromatic heterocycles. The van der Waals surface area contributed by atoms with Crippen LogP contribution in [0, 0.1) is 68.6 Å². The van der Waals surface area contributed by atoms with Crippen molar-refractivity contribution in [2.24, 2.45) is 28.7 Å². The van der Waals surface area contributed by atoms with E-state index in [-0.39, 0.29) is 17.9 Å². The van der Waals surface area contributed by atoms with Gasteiger partial charge in [-0.15, -0.1) is 0 Å². The van der Waals surface area contributed by atoms with Crippen LogP contribution in [0.2, 0.25) is 5.02 Å². The van der Waals surface area contributed by atoms with Gasteiger partial charge in [0.2, 0.25) is 0 Å². The summed E-state index contributed by atoms with van der Waals surface area (Å²) >= 11 is 9.37. The molecule has 0 fully saturated rings. The highest BCUT2D eigenvalue weighted by Crippen LogP contribution is 2.32. The molecule has 0 heterocycles. The van der Waals surface area contributed by atoms with Crippen LogP contribution in [0.5, 0.6) is 5.75 Å². The summed E-state index contributed by atoms with van der Waals surface area (Å²) in [6.07, 6.45) is 0.842. The standard InChI is InChI=1S/C12H18N4O.C11H16N4O2.C11H16N4O.C10H13BrN4O.C10H13ClN4O/c1-4-9-7-5-6-8(2)10(9)16(3)12(17)15-11(13)14;1-7-5-4-6-8(17-3)9(7)15(2)11(16)14-10(12)13;1-7-5-4-6-8(2)9(7)15(3)11(16)14-10(12)13;2*1-6-4-3-5-7(11)8(6)15(2)10(16)14-9(12)13/h5-7H,4H2,1-3H3,(H4,13,14,15,17);4-6H,1-3H3,(H4,12,13,14,16);4-6H,1-3H3,(H4,12,13,14,16);2*3-5H,1-2H3,(H4,12,13,14,16). The predicted molar refractivity (Wildman–Crippen MR) is 334 cm³/mol. The van der Waals surface area contributed by atoms with Crippen molar-refractivity contribution in [1.82, 2.24) is 26.6 Å². The Hall–Kier alpha value is -9.63. The number of carbonyl (C=O) groups is 5. The second kappa shape index (κ2) is 33.7. The number of hydrogen-bond acceptors (Lipinski definition) is 11. The minimum absolute atomic E-state index is 0.353. The lowest BCUT2D eigenvalue weighted by atomic mass is 10.1. The Morgan fingerprint density at radius 2 is 0.707 bits per heavy atom. The third kappa shape index (κ3) is 21.9. The molecule has 20 N–H and O–H groups in total. The van der Waals surface area contributed by atoms with E-state index in [1.807, 2.05) is 121 Å². The molecule has 0 aliphatic rings. The molecule has 0 unspecified atom stereocenters. The molecule has 5 aromatic carbocycles. The molecular formula is C54H76BrClN20O6. The number of nitrogens with two attached hydrogens (primary N) is 5. The van der Waals surface area contributed by atoms with Crippen LogP contribution >= 0.6 is 27.5 Å². The molecule has 82 heavy (non-hydrogen) atoms. The quantitative estimate of drug-likeness (QED) is 0.0560. The van der Waals surface area contributed by atoms with Crippen LogP contribution < -0.4 is 84.5 Å². The number of nitrogens with one attached hydrogen (secondary N) is 10. The van der Waals surface area contributed by atoms with Crippen LogP contribution in [0.15, 0.2) is 95.5 Å². The van der Waals surface area contributed by atoms with Crippen LogP contribution in [-0.4, -0.2) is 102 Å². The molecule has 0 saturated heterocycles. The van der Waals surface area contributed by atoms with Crippen LogP contribution in [-0.2, 0) is 6.42 Å². The molecule has 5 aromatic rings. The lowest BCUT2D eigenvalue weighted by Gasteiger charge is -2.22. The third-order valence-electron chi connectivity index (χ3n) is 11.3. The number of urea groups is 5. The van der Waals surface area contributed by atoms with Crippen molar-refractivity contribution in [2.75, 3.05) is 66.8 Å². The zero-order valence-corrected chi connectivity index (χ0v) is 50.5. The summed E-state index contributed by atoms with van der Waals surface area (Å²) in [6, 6.07) is 25.9. The summed E-state index contributed by atoms with van der Waals surface area (Å²) in [6.45, 7) is 13.5. The number of hydrogen-bond donors (Lipinski definition) is 15. The van der Waals surface area contributed by atoms with E-state index in [1.165, 1.54) is 31.6 Å². The number of rotatable bonds is 7. The maximum Gasteiger partial charge on any atom is 0.328 e. The molecule has 10 amide bonds. The van der Waals surface area contributed by atoms with E-state index in [0.29, 0.717) is 22.1 Å². The lowest BCUT2D eigenvalue weighted by molar-refractivity contribution is 0.250. The van der Waals surface area contributed by atoms with Gasteiger partial charge in [-0.3, -0.25) is 78.1 Å². The Kier molecular flexibility index (Phi) is 28.9. The summed E-state index contributed by atoms with van der Waals surface area (Å²) in [4.78, 5) is 65.4. The number of benzene rings is 5. The molecule has 442 valence electrons. The summed E-state index contributed by atoms with van der Waals surface area (Å²) in [5, 5.41) is 46.7. The first-order valence-corrected chi connectivity index (χ1v) is 25.6. The van der Waals surface area contributed by atoms with Crippen molar-refractivity contribution in [1.29, 1.82) is 27.0 Å². The number of guanidine groups is 5. The highest BCUT2D eigenvalue weighted by Gasteiger charge is 2.21. The van der Waals surface area contributed by atoms with Crippen LogP contribution in [0.3, 0.4) is 0 Å². The van der Waals surface area contributed by atoms with Crippen LogP contribution in [0.1, 0.15) is 45.9 Å². The maximum atomic E-state index is 11.8. The van der Waals surface area contributed by atoms with Gasteiger partial charge in [0.15, 0.2) is 29.8 Å². The van der Waals surface area contributed by atoms with Crippen LogP contribution in [0.25, 0.3) is 0 Å². The Morgan fingerprint density at radius 3 is 1.06 bits per heavy atom. The third-order valence-corrected chi connectivity index (χ3v) is 12.3. The minimum atomic E-state index is -0.497. The highest BCUT2D eigenvalue weighted by molar-refractivity contribution is 9.10. The molecule has 0 atom stereocenters. The Bertz CT molecular complexity index is 2800. The second-order valence-corrected chi connectivity index (χ2v) is 18.9. The van der Waals surface area contributed by atoms with E-state index < -0.39 is 42.1 Å². The van der Waals surface area contributed by atoms with Gasteiger partial charge in [-0.25, -0.2) is 24.0 Å². The molecule has 5 rings (SSSR count). The molecule has 26 nitrogen and oxygen atoms in total. The number of methoxy groups -OCH3 is 1. The molecule has 28 heteroatoms. The number of amides is 10. The number of aryl methyl sites for hydroxylation is 7. The normalized spacial score (nSPS) is 9.70. The van der Waals surface area contributed by atoms with Gasteiger partial charge in [0.25, 0.3) is 0 Å². The molecule has 0 saturated carbocycles. The Morgan fingerprint density at radius 1 is 0.439 bits per heavy atom. The van der Waals surface area contributed by atoms with Crippen molar-refractivity contribution >= 4 is 116 Å². The van der Waals surface area contributed by atoms with Gasteiger partial charge in [-0.2, -0.15) is 0 Å². The van der Waals surface area contributed by atoms with E-state index >= 15 is 0 Å². The molecule has 0 radical (unpaired) electrons. The number of para-hydroxylation sites is 5. The van der Waals surface area contributed by atoms with E-state index in [2.05, 4.69) is 42.5 Å². The first-order chi connectivity index (χ1) is 38.2. The fourth-order valence-electron chi connectivity index (χ4n) is 7.65. The zero-order chi connectivity index (χ0) is 62.9. The molecule has 0 aliphatic heterocycles.